The number of nitrogens with zero attached hydrogens (tertiary/aromatic N) is 5. The summed E-state index contributed by atoms with van der Waals surface area (Å²) in [6.07, 6.45) is 5.06. The van der Waals surface area contributed by atoms with Crippen LogP contribution in [0.3, 0.4) is 0 Å². The highest BCUT2D eigenvalue weighted by Gasteiger charge is 2.27. The SMILES string of the molecule is O=C(c1ccccc1-n1nccn1)N1CCCC(Nc2nc3ccccc3o2)C1. The number of hydrogen-bond acceptors (Lipinski definition) is 6. The number of hydrogen-bond donors (Lipinski definition) is 1. The number of nitrogens with one attached hydrogen (secondary N) is 1. The summed E-state index contributed by atoms with van der Waals surface area (Å²) in [7, 11) is 0. The lowest BCUT2D eigenvalue weighted by atomic mass is 10.0. The van der Waals surface area contributed by atoms with Gasteiger partial charge >= 0.3 is 0 Å². The number of aromatic nitrogens is 4. The van der Waals surface area contributed by atoms with Crippen LogP contribution >= 0.6 is 0 Å². The predicted molar refractivity (Wildman–Crippen MR) is 108 cm³/mol. The van der Waals surface area contributed by atoms with E-state index in [-0.39, 0.29) is 11.9 Å². The van der Waals surface area contributed by atoms with Gasteiger partial charge in [0.05, 0.1) is 23.6 Å². The molecule has 1 N–H and O–H groups in total. The number of anilines is 1. The molecule has 4 aromatic rings. The van der Waals surface area contributed by atoms with Crippen molar-refractivity contribution in [3.63, 3.8) is 0 Å². The molecule has 2 aromatic heterocycles. The maximum atomic E-state index is 13.2. The second-order valence-corrected chi connectivity index (χ2v) is 7.06. The van der Waals surface area contributed by atoms with Crippen LogP contribution in [0.15, 0.2) is 65.3 Å². The van der Waals surface area contributed by atoms with Crippen molar-refractivity contribution in [2.45, 2.75) is 18.9 Å². The number of carbonyl (C=O) groups excluding carboxylic acids is 1. The number of amides is 1. The average molecular weight is 388 g/mol. The molecular weight excluding hydrogens is 368 g/mol. The molecule has 0 bridgehead atoms. The van der Waals surface area contributed by atoms with Gasteiger partial charge in [0.1, 0.15) is 5.52 Å². The van der Waals surface area contributed by atoms with Crippen molar-refractivity contribution >= 4 is 23.0 Å². The fourth-order valence-corrected chi connectivity index (χ4v) is 3.73. The minimum atomic E-state index is -0.0260. The number of fused-ring (bicyclic) bond motifs is 1. The van der Waals surface area contributed by atoms with Crippen LogP contribution in [0.5, 0.6) is 0 Å². The lowest BCUT2D eigenvalue weighted by molar-refractivity contribution is 0.0713. The summed E-state index contributed by atoms with van der Waals surface area (Å²) in [5, 5.41) is 11.7. The molecule has 1 unspecified atom stereocenters. The number of piperidine rings is 1. The molecule has 29 heavy (non-hydrogen) atoms. The Morgan fingerprint density at radius 3 is 2.72 bits per heavy atom. The van der Waals surface area contributed by atoms with E-state index in [2.05, 4.69) is 20.5 Å². The van der Waals surface area contributed by atoms with Gasteiger partial charge in [0.2, 0.25) is 0 Å². The fourth-order valence-electron chi connectivity index (χ4n) is 3.73. The zero-order valence-electron chi connectivity index (χ0n) is 15.7. The van der Waals surface area contributed by atoms with Gasteiger partial charge in [0.25, 0.3) is 11.9 Å². The predicted octanol–water partition coefficient (Wildman–Crippen LogP) is 3.13. The second kappa shape index (κ2) is 7.38. The Bertz CT molecular complexity index is 1100. The molecule has 0 saturated carbocycles. The van der Waals surface area contributed by atoms with E-state index in [9.17, 15) is 4.79 Å². The van der Waals surface area contributed by atoms with Crippen LogP contribution in [0, 0.1) is 0 Å². The van der Waals surface area contributed by atoms with E-state index >= 15 is 0 Å². The standard InChI is InChI=1S/C21H20N6O2/c28-20(16-7-1-3-9-18(16)27-22-11-12-23-27)26-13-5-6-15(14-26)24-21-25-17-8-2-4-10-19(17)29-21/h1-4,7-12,15H,5-6,13-14H2,(H,24,25). The molecule has 2 aromatic carbocycles. The third-order valence-electron chi connectivity index (χ3n) is 5.10. The van der Waals surface area contributed by atoms with Gasteiger partial charge in [-0.15, -0.1) is 0 Å². The lowest BCUT2D eigenvalue weighted by Gasteiger charge is -2.33. The molecule has 8 heteroatoms. The van der Waals surface area contributed by atoms with Crippen LogP contribution in [0.4, 0.5) is 6.01 Å². The Morgan fingerprint density at radius 2 is 1.86 bits per heavy atom. The summed E-state index contributed by atoms with van der Waals surface area (Å²) >= 11 is 0. The Labute approximate surface area is 167 Å². The number of benzene rings is 2. The smallest absolute Gasteiger partial charge is 0.295 e. The third kappa shape index (κ3) is 3.44. The summed E-state index contributed by atoms with van der Waals surface area (Å²) in [5.74, 6) is -0.0260. The van der Waals surface area contributed by atoms with Gasteiger partial charge < -0.3 is 14.6 Å². The zero-order valence-corrected chi connectivity index (χ0v) is 15.7. The minimum Gasteiger partial charge on any atom is -0.424 e. The van der Waals surface area contributed by atoms with Crippen molar-refractivity contribution in [3.8, 4) is 5.69 Å². The summed E-state index contributed by atoms with van der Waals surface area (Å²) in [6, 6.07) is 15.6. The molecular formula is C21H20N6O2. The quantitative estimate of drug-likeness (QED) is 0.578. The number of rotatable bonds is 4. The molecule has 1 saturated heterocycles. The van der Waals surface area contributed by atoms with E-state index in [0.29, 0.717) is 30.4 Å². The van der Waals surface area contributed by atoms with Gasteiger partial charge in [0.15, 0.2) is 5.58 Å². The normalized spacial score (nSPS) is 16.8. The molecule has 146 valence electrons. The first-order chi connectivity index (χ1) is 14.3. The largest absolute Gasteiger partial charge is 0.424 e. The highest BCUT2D eigenvalue weighted by atomic mass is 16.4. The van der Waals surface area contributed by atoms with E-state index in [1.54, 1.807) is 12.4 Å². The average Bonchev–Trinajstić information content (AvgIpc) is 3.43. The van der Waals surface area contributed by atoms with Gasteiger partial charge in [-0.2, -0.15) is 20.0 Å². The molecule has 3 heterocycles. The van der Waals surface area contributed by atoms with Crippen molar-refractivity contribution in [2.75, 3.05) is 18.4 Å². The molecule has 1 aliphatic rings. The topological polar surface area (TPSA) is 89.1 Å². The second-order valence-electron chi connectivity index (χ2n) is 7.06. The molecule has 1 aliphatic heterocycles. The maximum Gasteiger partial charge on any atom is 0.295 e. The Kier molecular flexibility index (Phi) is 4.44. The Hall–Kier alpha value is -3.68. The molecule has 0 aliphatic carbocycles. The number of carbonyl (C=O) groups is 1. The maximum absolute atomic E-state index is 13.2. The van der Waals surface area contributed by atoms with E-state index < -0.39 is 0 Å². The summed E-state index contributed by atoms with van der Waals surface area (Å²) in [5.41, 5.74) is 2.83. The molecule has 1 amide bonds. The molecule has 1 atom stereocenters. The van der Waals surface area contributed by atoms with Crippen LogP contribution < -0.4 is 5.32 Å². The third-order valence-corrected chi connectivity index (χ3v) is 5.10. The van der Waals surface area contributed by atoms with E-state index in [1.165, 1.54) is 4.80 Å². The first-order valence-corrected chi connectivity index (χ1v) is 9.65. The highest BCUT2D eigenvalue weighted by Crippen LogP contribution is 2.23. The van der Waals surface area contributed by atoms with E-state index in [0.717, 1.165) is 23.9 Å². The molecule has 1 fully saturated rings. The summed E-state index contributed by atoms with van der Waals surface area (Å²) in [4.78, 5) is 21.1. The van der Waals surface area contributed by atoms with Crippen molar-refractivity contribution < 1.29 is 9.21 Å². The van der Waals surface area contributed by atoms with Gasteiger partial charge in [0, 0.05) is 19.1 Å². The molecule has 5 rings (SSSR count). The number of oxazole rings is 1. The molecule has 0 spiro atoms. The first kappa shape index (κ1) is 17.4. The van der Waals surface area contributed by atoms with Gasteiger partial charge in [-0.3, -0.25) is 4.79 Å². The van der Waals surface area contributed by atoms with Crippen molar-refractivity contribution in [1.29, 1.82) is 0 Å². The molecule has 0 radical (unpaired) electrons. The van der Waals surface area contributed by atoms with E-state index in [4.69, 9.17) is 4.42 Å². The summed E-state index contributed by atoms with van der Waals surface area (Å²) in [6.45, 7) is 1.30. The monoisotopic (exact) mass is 388 g/mol. The number of para-hydroxylation sites is 3. The van der Waals surface area contributed by atoms with Crippen LogP contribution in [-0.2, 0) is 0 Å². The summed E-state index contributed by atoms with van der Waals surface area (Å²) < 4.78 is 5.77. The lowest BCUT2D eigenvalue weighted by Crippen LogP contribution is -2.45. The van der Waals surface area contributed by atoms with Gasteiger partial charge in [-0.1, -0.05) is 24.3 Å². The van der Waals surface area contributed by atoms with Crippen molar-refractivity contribution in [3.05, 3.63) is 66.5 Å². The first-order valence-electron chi connectivity index (χ1n) is 9.65. The highest BCUT2D eigenvalue weighted by molar-refractivity contribution is 5.97. The van der Waals surface area contributed by atoms with Crippen molar-refractivity contribution in [2.24, 2.45) is 0 Å². The van der Waals surface area contributed by atoms with E-state index in [1.807, 2.05) is 53.4 Å². The minimum absolute atomic E-state index is 0.0260. The Balaban J connectivity index is 1.34. The van der Waals surface area contributed by atoms with Crippen molar-refractivity contribution in [1.82, 2.24) is 24.9 Å². The van der Waals surface area contributed by atoms with Crippen LogP contribution in [0.1, 0.15) is 23.2 Å². The fraction of sp³-hybridized carbons (Fsp3) is 0.238. The van der Waals surface area contributed by atoms with Gasteiger partial charge in [-0.05, 0) is 37.1 Å². The Morgan fingerprint density at radius 1 is 1.07 bits per heavy atom. The molecule has 8 nitrogen and oxygen atoms in total. The van der Waals surface area contributed by atoms with Gasteiger partial charge in [-0.25, -0.2) is 0 Å². The number of likely N-dealkylation sites (tertiary alicyclic amines) is 1. The zero-order chi connectivity index (χ0) is 19.6. The van der Waals surface area contributed by atoms with Crippen LogP contribution in [-0.4, -0.2) is 49.9 Å². The van der Waals surface area contributed by atoms with Crippen LogP contribution in [0.2, 0.25) is 0 Å². The van der Waals surface area contributed by atoms with Crippen LogP contribution in [0.25, 0.3) is 16.8 Å².